The number of fused-ring (bicyclic) bond motifs is 6. The standard InChI is InChI=1S/C35H37N5O2/c41-34-28-9-1-2-10-29(28)35(40(34)21-16-36-24-25-8-7-15-37-25)30-13-11-26(38-17-3-4-18-38)22-32(30)42-33-23-27(12-14-31(33)35)39-19-5-6-20-39/h1-2,7-15,22-23,36-37H,3-6,16-21,24H2. The number of amides is 1. The Morgan fingerprint density at radius 2 is 1.40 bits per heavy atom. The van der Waals surface area contributed by atoms with Gasteiger partial charge < -0.3 is 29.7 Å². The molecule has 4 aromatic rings. The van der Waals surface area contributed by atoms with E-state index in [1.165, 1.54) is 37.1 Å². The Hall–Kier alpha value is -4.23. The molecule has 0 atom stereocenters. The SMILES string of the molecule is O=C1c2ccccc2C2(c3ccc(N4CCCC4)cc3Oc3cc(N4CCCC4)ccc32)N1CCNCc1ccc[nH]1. The molecule has 0 saturated carbocycles. The van der Waals surface area contributed by atoms with Crippen molar-refractivity contribution in [2.45, 2.75) is 37.8 Å². The third-order valence-electron chi connectivity index (χ3n) is 9.56. The third kappa shape index (κ3) is 3.94. The van der Waals surface area contributed by atoms with Gasteiger partial charge in [0.1, 0.15) is 17.0 Å². The predicted molar refractivity (Wildman–Crippen MR) is 166 cm³/mol. The highest BCUT2D eigenvalue weighted by Gasteiger charge is 2.56. The van der Waals surface area contributed by atoms with Gasteiger partial charge in [-0.1, -0.05) is 30.3 Å². The second kappa shape index (κ2) is 10.2. The molecule has 1 aromatic heterocycles. The Labute approximate surface area is 247 Å². The van der Waals surface area contributed by atoms with E-state index < -0.39 is 5.54 Å². The molecular formula is C35H37N5O2. The first-order valence-corrected chi connectivity index (χ1v) is 15.4. The molecule has 4 aliphatic heterocycles. The van der Waals surface area contributed by atoms with Gasteiger partial charge in [0.15, 0.2) is 0 Å². The van der Waals surface area contributed by atoms with Crippen molar-refractivity contribution in [1.29, 1.82) is 0 Å². The number of benzene rings is 3. The van der Waals surface area contributed by atoms with Gasteiger partial charge in [0.2, 0.25) is 0 Å². The van der Waals surface area contributed by atoms with Crippen LogP contribution in [0.1, 0.15) is 58.4 Å². The van der Waals surface area contributed by atoms with Gasteiger partial charge in [-0.2, -0.15) is 0 Å². The highest BCUT2D eigenvalue weighted by Crippen LogP contribution is 2.58. The number of anilines is 2. The smallest absolute Gasteiger partial charge is 0.255 e. The zero-order chi connectivity index (χ0) is 28.1. The van der Waals surface area contributed by atoms with Crippen LogP contribution < -0.4 is 19.9 Å². The van der Waals surface area contributed by atoms with Crippen LogP contribution in [-0.2, 0) is 12.1 Å². The lowest BCUT2D eigenvalue weighted by Gasteiger charge is -2.44. The number of carbonyl (C=O) groups is 1. The predicted octanol–water partition coefficient (Wildman–Crippen LogP) is 5.86. The van der Waals surface area contributed by atoms with Crippen LogP contribution in [0.5, 0.6) is 11.5 Å². The van der Waals surface area contributed by atoms with E-state index in [1.54, 1.807) is 0 Å². The third-order valence-corrected chi connectivity index (χ3v) is 9.56. The summed E-state index contributed by atoms with van der Waals surface area (Å²) >= 11 is 0. The van der Waals surface area contributed by atoms with Crippen LogP contribution in [0.3, 0.4) is 0 Å². The van der Waals surface area contributed by atoms with Crippen molar-refractivity contribution in [1.82, 2.24) is 15.2 Å². The van der Waals surface area contributed by atoms with Crippen LogP contribution in [0, 0.1) is 0 Å². The fraction of sp³-hybridized carbons (Fsp3) is 0.343. The van der Waals surface area contributed by atoms with E-state index in [4.69, 9.17) is 4.74 Å². The molecule has 2 N–H and O–H groups in total. The summed E-state index contributed by atoms with van der Waals surface area (Å²) < 4.78 is 6.83. The zero-order valence-electron chi connectivity index (χ0n) is 23.9. The molecule has 2 fully saturated rings. The van der Waals surface area contributed by atoms with Crippen LogP contribution in [0.2, 0.25) is 0 Å². The van der Waals surface area contributed by atoms with Gasteiger partial charge >= 0.3 is 0 Å². The topological polar surface area (TPSA) is 63.8 Å². The van der Waals surface area contributed by atoms with Gasteiger partial charge in [-0.3, -0.25) is 4.79 Å². The summed E-state index contributed by atoms with van der Waals surface area (Å²) in [4.78, 5) is 24.5. The van der Waals surface area contributed by atoms with E-state index in [0.717, 1.165) is 72.2 Å². The Morgan fingerprint density at radius 1 is 0.762 bits per heavy atom. The van der Waals surface area contributed by atoms with Crippen LogP contribution in [0.15, 0.2) is 79.0 Å². The zero-order valence-corrected chi connectivity index (χ0v) is 23.9. The van der Waals surface area contributed by atoms with Crippen molar-refractivity contribution in [3.63, 3.8) is 0 Å². The van der Waals surface area contributed by atoms with E-state index in [-0.39, 0.29) is 5.91 Å². The number of nitrogens with one attached hydrogen (secondary N) is 2. The average Bonchev–Trinajstić information content (AvgIpc) is 3.85. The van der Waals surface area contributed by atoms with E-state index in [2.05, 4.69) is 79.6 Å². The molecule has 0 aliphatic carbocycles. The number of carbonyl (C=O) groups excluding carboxylic acids is 1. The molecule has 7 heteroatoms. The lowest BCUT2D eigenvalue weighted by atomic mass is 9.74. The largest absolute Gasteiger partial charge is 0.456 e. The molecule has 8 rings (SSSR count). The van der Waals surface area contributed by atoms with E-state index >= 15 is 0 Å². The molecule has 3 aromatic carbocycles. The minimum atomic E-state index is -0.766. The van der Waals surface area contributed by atoms with E-state index in [0.29, 0.717) is 13.1 Å². The summed E-state index contributed by atoms with van der Waals surface area (Å²) in [6.07, 6.45) is 6.81. The average molecular weight is 560 g/mol. The molecule has 42 heavy (non-hydrogen) atoms. The molecule has 4 aliphatic rings. The van der Waals surface area contributed by atoms with Gasteiger partial charge in [0, 0.05) is 97.9 Å². The Bertz CT molecular complexity index is 1550. The van der Waals surface area contributed by atoms with Crippen molar-refractivity contribution >= 4 is 17.3 Å². The number of nitrogens with zero attached hydrogens (tertiary/aromatic N) is 3. The first-order valence-electron chi connectivity index (χ1n) is 15.4. The van der Waals surface area contributed by atoms with Crippen molar-refractivity contribution in [3.05, 3.63) is 107 Å². The minimum Gasteiger partial charge on any atom is -0.456 e. The first-order chi connectivity index (χ1) is 20.7. The quantitative estimate of drug-likeness (QED) is 0.278. The summed E-state index contributed by atoms with van der Waals surface area (Å²) in [5, 5.41) is 3.55. The second-order valence-electron chi connectivity index (χ2n) is 11.9. The van der Waals surface area contributed by atoms with Crippen molar-refractivity contribution in [3.8, 4) is 11.5 Å². The van der Waals surface area contributed by atoms with Crippen molar-refractivity contribution < 1.29 is 9.53 Å². The minimum absolute atomic E-state index is 0.0679. The van der Waals surface area contributed by atoms with Gasteiger partial charge in [0.25, 0.3) is 5.91 Å². The number of rotatable bonds is 7. The lowest BCUT2D eigenvalue weighted by Crippen LogP contribution is -2.49. The molecule has 1 spiro atoms. The van der Waals surface area contributed by atoms with E-state index in [1.807, 2.05) is 24.4 Å². The Balaban J connectivity index is 1.27. The summed E-state index contributed by atoms with van der Waals surface area (Å²) in [5.41, 5.74) is 6.63. The van der Waals surface area contributed by atoms with Gasteiger partial charge in [-0.25, -0.2) is 0 Å². The van der Waals surface area contributed by atoms with Crippen molar-refractivity contribution in [2.75, 3.05) is 49.1 Å². The number of ether oxygens (including phenoxy) is 1. The van der Waals surface area contributed by atoms with Crippen LogP contribution in [0.25, 0.3) is 0 Å². The van der Waals surface area contributed by atoms with Crippen LogP contribution in [-0.4, -0.2) is 55.1 Å². The molecule has 2 saturated heterocycles. The summed E-state index contributed by atoms with van der Waals surface area (Å²) in [7, 11) is 0. The maximum Gasteiger partial charge on any atom is 0.255 e. The molecule has 7 nitrogen and oxygen atoms in total. The number of H-pyrrole nitrogens is 1. The van der Waals surface area contributed by atoms with Crippen molar-refractivity contribution in [2.24, 2.45) is 0 Å². The van der Waals surface area contributed by atoms with Gasteiger partial charge in [-0.05, 0) is 61.6 Å². The summed E-state index contributed by atoms with van der Waals surface area (Å²) in [5.74, 6) is 1.76. The maximum atomic E-state index is 14.3. The first kappa shape index (κ1) is 25.5. The normalized spacial score (nSPS) is 18.4. The van der Waals surface area contributed by atoms with Gasteiger partial charge in [-0.15, -0.1) is 0 Å². The fourth-order valence-electron chi connectivity index (χ4n) is 7.57. The van der Waals surface area contributed by atoms with E-state index in [9.17, 15) is 4.79 Å². The molecule has 0 radical (unpaired) electrons. The monoisotopic (exact) mass is 559 g/mol. The number of aromatic nitrogens is 1. The number of aromatic amines is 1. The summed E-state index contributed by atoms with van der Waals surface area (Å²) in [6.45, 7) is 6.24. The summed E-state index contributed by atoms with van der Waals surface area (Å²) in [6, 6.07) is 25.6. The Morgan fingerprint density at radius 3 is 2.02 bits per heavy atom. The second-order valence-corrected chi connectivity index (χ2v) is 11.9. The molecule has 0 bridgehead atoms. The lowest BCUT2D eigenvalue weighted by molar-refractivity contribution is 0.0667. The van der Waals surface area contributed by atoms with Crippen LogP contribution >= 0.6 is 0 Å². The number of hydrogen-bond donors (Lipinski definition) is 2. The number of hydrogen-bond acceptors (Lipinski definition) is 5. The van der Waals surface area contributed by atoms with Crippen LogP contribution in [0.4, 0.5) is 11.4 Å². The fourth-order valence-corrected chi connectivity index (χ4v) is 7.57. The molecule has 0 unspecified atom stereocenters. The molecular weight excluding hydrogens is 522 g/mol. The maximum absolute atomic E-state index is 14.3. The molecule has 1 amide bonds. The Kier molecular flexibility index (Phi) is 6.21. The molecule has 5 heterocycles. The van der Waals surface area contributed by atoms with Gasteiger partial charge in [0.05, 0.1) is 0 Å². The molecule has 214 valence electrons. The highest BCUT2D eigenvalue weighted by atomic mass is 16.5. The highest BCUT2D eigenvalue weighted by molar-refractivity contribution is 6.02.